The molecule has 0 atom stereocenters. The van der Waals surface area contributed by atoms with Gasteiger partial charge in [0.15, 0.2) is 0 Å². The molecule has 1 fully saturated rings. The quantitative estimate of drug-likeness (QED) is 0.634. The normalized spacial score (nSPS) is 15.5. The molecule has 0 unspecified atom stereocenters. The average Bonchev–Trinajstić information content (AvgIpc) is 2.77. The van der Waals surface area contributed by atoms with Crippen molar-refractivity contribution >= 4 is 22.4 Å². The third kappa shape index (κ3) is 4.80. The van der Waals surface area contributed by atoms with E-state index in [-0.39, 0.29) is 17.9 Å². The Morgan fingerprint density at radius 1 is 1.06 bits per heavy atom. The summed E-state index contributed by atoms with van der Waals surface area (Å²) in [5.74, 6) is 0.589. The van der Waals surface area contributed by atoms with E-state index in [4.69, 9.17) is 4.74 Å². The maximum atomic E-state index is 13.1. The van der Waals surface area contributed by atoms with Crippen LogP contribution in [0, 0.1) is 0 Å². The number of methoxy groups -OCH3 is 1. The molecule has 1 heterocycles. The van der Waals surface area contributed by atoms with Gasteiger partial charge in [-0.1, -0.05) is 37.5 Å². The summed E-state index contributed by atoms with van der Waals surface area (Å²) in [6.45, 7) is 0.301. The van der Waals surface area contributed by atoms with Crippen molar-refractivity contribution in [3.63, 3.8) is 0 Å². The molecule has 1 amide bonds. The molecule has 162 valence electrons. The van der Waals surface area contributed by atoms with Crippen LogP contribution in [0.15, 0.2) is 59.5 Å². The van der Waals surface area contributed by atoms with Gasteiger partial charge < -0.3 is 19.7 Å². The van der Waals surface area contributed by atoms with Crippen molar-refractivity contribution in [3.8, 4) is 5.75 Å². The zero-order chi connectivity index (χ0) is 21.8. The lowest BCUT2D eigenvalue weighted by Crippen LogP contribution is -2.39. The first kappa shape index (κ1) is 21.1. The van der Waals surface area contributed by atoms with E-state index in [0.29, 0.717) is 23.0 Å². The summed E-state index contributed by atoms with van der Waals surface area (Å²) < 4.78 is 6.74. The highest BCUT2D eigenvalue weighted by Crippen LogP contribution is 2.29. The number of aromatic nitrogens is 1. The highest BCUT2D eigenvalue weighted by Gasteiger charge is 2.30. The van der Waals surface area contributed by atoms with Crippen LogP contribution in [0.2, 0.25) is 0 Å². The second-order valence-corrected chi connectivity index (χ2v) is 8.37. The molecule has 6 nitrogen and oxygen atoms in total. The van der Waals surface area contributed by atoms with Crippen LogP contribution in [-0.4, -0.2) is 28.3 Å². The topological polar surface area (TPSA) is 80.6 Å². The average molecular weight is 421 g/mol. The Balaban J connectivity index is 1.54. The van der Waals surface area contributed by atoms with Gasteiger partial charge >= 0.3 is 0 Å². The van der Waals surface area contributed by atoms with E-state index in [1.165, 1.54) is 0 Å². The van der Waals surface area contributed by atoms with Crippen LogP contribution < -0.4 is 15.6 Å². The molecule has 0 spiro atoms. The highest BCUT2D eigenvalue weighted by molar-refractivity contribution is 6.02. The fraction of sp³-hybridized carbons (Fsp3) is 0.360. The fourth-order valence-corrected chi connectivity index (χ4v) is 4.36. The number of nitrogens with one attached hydrogen (secondary N) is 1. The Labute approximate surface area is 181 Å². The van der Waals surface area contributed by atoms with E-state index < -0.39 is 5.60 Å². The van der Waals surface area contributed by atoms with Crippen molar-refractivity contribution in [3.05, 3.63) is 70.6 Å². The van der Waals surface area contributed by atoms with Gasteiger partial charge in [0.25, 0.3) is 5.56 Å². The largest absolute Gasteiger partial charge is 0.497 e. The first-order chi connectivity index (χ1) is 15.0. The van der Waals surface area contributed by atoms with Gasteiger partial charge in [-0.2, -0.15) is 0 Å². The number of carbonyl (C=O) groups is 1. The number of hydrogen-bond donors (Lipinski definition) is 2. The molecule has 4 rings (SSSR count). The van der Waals surface area contributed by atoms with E-state index >= 15 is 0 Å². The molecule has 0 saturated heterocycles. The number of hydrogen-bond acceptors (Lipinski definition) is 4. The molecule has 0 bridgehead atoms. The number of rotatable bonds is 6. The van der Waals surface area contributed by atoms with Crippen LogP contribution in [0.25, 0.3) is 10.8 Å². The molecular formula is C25H28N2O4. The molecule has 2 N–H and O–H groups in total. The van der Waals surface area contributed by atoms with Gasteiger partial charge in [-0.25, -0.2) is 0 Å². The van der Waals surface area contributed by atoms with Gasteiger partial charge in [0.05, 0.1) is 25.7 Å². The molecule has 1 saturated carbocycles. The summed E-state index contributed by atoms with van der Waals surface area (Å²) in [5.41, 5.74) is 0.515. The predicted octanol–water partition coefficient (Wildman–Crippen LogP) is 3.89. The molecule has 31 heavy (non-hydrogen) atoms. The van der Waals surface area contributed by atoms with Gasteiger partial charge in [-0.15, -0.1) is 0 Å². The number of fused-ring (bicyclic) bond motifs is 1. The monoisotopic (exact) mass is 420 g/mol. The molecule has 0 radical (unpaired) electrons. The number of anilines is 1. The molecule has 1 aliphatic rings. The number of amides is 1. The van der Waals surface area contributed by atoms with Crippen molar-refractivity contribution in [1.82, 2.24) is 4.57 Å². The Morgan fingerprint density at radius 3 is 2.52 bits per heavy atom. The summed E-state index contributed by atoms with van der Waals surface area (Å²) in [5, 5.41) is 15.0. The minimum Gasteiger partial charge on any atom is -0.497 e. The Bertz CT molecular complexity index is 1130. The lowest BCUT2D eigenvalue weighted by molar-refractivity contribution is -0.115. The Morgan fingerprint density at radius 2 is 1.81 bits per heavy atom. The highest BCUT2D eigenvalue weighted by atomic mass is 16.5. The molecule has 2 aromatic carbocycles. The summed E-state index contributed by atoms with van der Waals surface area (Å²) in [6, 6.07) is 14.5. The minimum absolute atomic E-state index is 0.150. The number of pyridine rings is 1. The Kier molecular flexibility index (Phi) is 6.09. The maximum absolute atomic E-state index is 13.1. The lowest BCUT2D eigenvalue weighted by Gasteiger charge is -2.32. The second-order valence-electron chi connectivity index (χ2n) is 8.37. The van der Waals surface area contributed by atoms with Gasteiger partial charge in [-0.05, 0) is 48.7 Å². The summed E-state index contributed by atoms with van der Waals surface area (Å²) in [7, 11) is 1.60. The molecule has 3 aromatic rings. The molecule has 1 aromatic heterocycles. The van der Waals surface area contributed by atoms with Crippen molar-refractivity contribution in [2.45, 2.75) is 50.7 Å². The van der Waals surface area contributed by atoms with Crippen LogP contribution in [0.1, 0.15) is 37.7 Å². The van der Waals surface area contributed by atoms with E-state index in [9.17, 15) is 14.7 Å². The van der Waals surface area contributed by atoms with E-state index in [2.05, 4.69) is 5.32 Å². The summed E-state index contributed by atoms with van der Waals surface area (Å²) in [6.07, 6.45) is 6.50. The molecular weight excluding hydrogens is 392 g/mol. The minimum atomic E-state index is -0.819. The molecule has 0 aliphatic heterocycles. The first-order valence-electron chi connectivity index (χ1n) is 10.7. The second kappa shape index (κ2) is 8.94. The summed E-state index contributed by atoms with van der Waals surface area (Å²) in [4.78, 5) is 25.6. The number of carbonyl (C=O) groups excluding carboxylic acids is 1. The van der Waals surface area contributed by atoms with E-state index in [1.54, 1.807) is 36.1 Å². The Hall–Kier alpha value is -3.12. The number of ether oxygens (including phenoxy) is 1. The summed E-state index contributed by atoms with van der Waals surface area (Å²) >= 11 is 0. The molecule has 6 heteroatoms. The zero-order valence-corrected chi connectivity index (χ0v) is 17.8. The number of nitrogens with zero attached hydrogens (tertiary/aromatic N) is 1. The van der Waals surface area contributed by atoms with E-state index in [0.717, 1.165) is 43.4 Å². The van der Waals surface area contributed by atoms with Crippen LogP contribution >= 0.6 is 0 Å². The van der Waals surface area contributed by atoms with Crippen molar-refractivity contribution in [2.24, 2.45) is 0 Å². The van der Waals surface area contributed by atoms with Gasteiger partial charge in [0, 0.05) is 22.7 Å². The smallest absolute Gasteiger partial charge is 0.258 e. The van der Waals surface area contributed by atoms with Crippen LogP contribution in [-0.2, 0) is 17.8 Å². The van der Waals surface area contributed by atoms with E-state index in [1.807, 2.05) is 30.3 Å². The molecule has 1 aliphatic carbocycles. The fourth-order valence-electron chi connectivity index (χ4n) is 4.36. The van der Waals surface area contributed by atoms with Crippen LogP contribution in [0.4, 0.5) is 5.69 Å². The third-order valence-electron chi connectivity index (χ3n) is 6.07. The van der Waals surface area contributed by atoms with Gasteiger partial charge in [0.2, 0.25) is 5.91 Å². The van der Waals surface area contributed by atoms with Gasteiger partial charge in [0.1, 0.15) is 5.75 Å². The van der Waals surface area contributed by atoms with Crippen LogP contribution in [0.5, 0.6) is 5.75 Å². The van der Waals surface area contributed by atoms with Gasteiger partial charge in [-0.3, -0.25) is 9.59 Å². The standard InChI is InChI=1S/C25H28N2O4/c1-31-19-10-8-18(9-11-19)16-23(28)26-22-7-5-6-21-20(22)12-15-27(24(21)29)17-25(30)13-3-2-4-14-25/h5-12,15,30H,2-4,13-14,16-17H2,1H3,(H,26,28). The third-order valence-corrected chi connectivity index (χ3v) is 6.07. The number of benzene rings is 2. The van der Waals surface area contributed by atoms with Crippen LogP contribution in [0.3, 0.4) is 0 Å². The zero-order valence-electron chi connectivity index (χ0n) is 17.8. The van der Waals surface area contributed by atoms with Crippen molar-refractivity contribution in [2.75, 3.05) is 12.4 Å². The first-order valence-corrected chi connectivity index (χ1v) is 10.7. The van der Waals surface area contributed by atoms with Crippen molar-refractivity contribution < 1.29 is 14.6 Å². The van der Waals surface area contributed by atoms with Crippen molar-refractivity contribution in [1.29, 1.82) is 0 Å². The SMILES string of the molecule is COc1ccc(CC(=O)Nc2cccc3c(=O)n(CC4(O)CCCCC4)ccc23)cc1. The maximum Gasteiger partial charge on any atom is 0.258 e. The predicted molar refractivity (Wildman–Crippen MR) is 122 cm³/mol. The number of aliphatic hydroxyl groups is 1. The lowest BCUT2D eigenvalue weighted by atomic mass is 9.85.